The van der Waals surface area contributed by atoms with Crippen molar-refractivity contribution in [2.45, 2.75) is 39.3 Å². The summed E-state index contributed by atoms with van der Waals surface area (Å²) in [5.41, 5.74) is 4.89. The van der Waals surface area contributed by atoms with E-state index in [2.05, 4.69) is 0 Å². The van der Waals surface area contributed by atoms with Crippen LogP contribution in [0.1, 0.15) is 27.7 Å². The summed E-state index contributed by atoms with van der Waals surface area (Å²) in [5, 5.41) is 2.28. The molecule has 0 saturated heterocycles. The van der Waals surface area contributed by atoms with E-state index in [-0.39, 0.29) is 0 Å². The Morgan fingerprint density at radius 3 is 2.44 bits per heavy atom. The van der Waals surface area contributed by atoms with Crippen molar-refractivity contribution in [3.8, 4) is 0 Å². The van der Waals surface area contributed by atoms with E-state index in [1.165, 1.54) is 18.3 Å². The Morgan fingerprint density at radius 2 is 2.06 bits per heavy atom. The third-order valence-corrected chi connectivity index (χ3v) is 2.77. The fourth-order valence-electron chi connectivity index (χ4n) is 1.20. The van der Waals surface area contributed by atoms with Crippen LogP contribution in [0.5, 0.6) is 0 Å². The molecule has 0 radical (unpaired) electrons. The standard InChI is InChI=1S/C12H18N2O3S/c1-8(13)10(15)14(9-6-5-7-18-9)11(16)17-12(2,3)4/h5-8H,13H2,1-4H3/t8-/m0/s1. The van der Waals surface area contributed by atoms with Gasteiger partial charge in [-0.15, -0.1) is 11.3 Å². The molecule has 1 heterocycles. The molecule has 1 aromatic heterocycles. The second-order valence-corrected chi connectivity index (χ2v) is 5.82. The van der Waals surface area contributed by atoms with Gasteiger partial charge in [0.2, 0.25) is 0 Å². The first-order valence-corrected chi connectivity index (χ1v) is 6.46. The van der Waals surface area contributed by atoms with E-state index in [0.29, 0.717) is 5.00 Å². The molecule has 0 fully saturated rings. The molecule has 5 nitrogen and oxygen atoms in total. The molecule has 2 N–H and O–H groups in total. The number of nitrogens with zero attached hydrogens (tertiary/aromatic N) is 1. The van der Waals surface area contributed by atoms with E-state index < -0.39 is 23.6 Å². The molecule has 0 aliphatic carbocycles. The molecule has 1 rings (SSSR count). The summed E-state index contributed by atoms with van der Waals surface area (Å²) >= 11 is 1.28. The fraction of sp³-hybridized carbons (Fsp3) is 0.500. The third-order valence-electron chi connectivity index (χ3n) is 1.91. The molecule has 1 aromatic rings. The fourth-order valence-corrected chi connectivity index (χ4v) is 1.92. The summed E-state index contributed by atoms with van der Waals surface area (Å²) in [7, 11) is 0. The number of rotatable bonds is 2. The predicted molar refractivity (Wildman–Crippen MR) is 71.7 cm³/mol. The van der Waals surface area contributed by atoms with Crippen LogP contribution in [0.2, 0.25) is 0 Å². The Morgan fingerprint density at radius 1 is 1.44 bits per heavy atom. The predicted octanol–water partition coefficient (Wildman–Crippen LogP) is 2.36. The summed E-state index contributed by atoms with van der Waals surface area (Å²) < 4.78 is 5.21. The van der Waals surface area contributed by atoms with Gasteiger partial charge in [-0.05, 0) is 45.2 Å². The molecule has 1 atom stereocenters. The van der Waals surface area contributed by atoms with Crippen molar-refractivity contribution in [1.82, 2.24) is 0 Å². The topological polar surface area (TPSA) is 72.6 Å². The number of imide groups is 1. The van der Waals surface area contributed by atoms with Gasteiger partial charge >= 0.3 is 6.09 Å². The molecule has 0 saturated carbocycles. The van der Waals surface area contributed by atoms with Crippen LogP contribution < -0.4 is 10.6 Å². The molecule has 0 bridgehead atoms. The summed E-state index contributed by atoms with van der Waals surface area (Å²) in [6, 6.07) is 2.67. The van der Waals surface area contributed by atoms with Gasteiger partial charge in [0.1, 0.15) is 10.6 Å². The van der Waals surface area contributed by atoms with Gasteiger partial charge in [-0.25, -0.2) is 9.69 Å². The minimum atomic E-state index is -0.764. The molecular formula is C12H18N2O3S. The van der Waals surface area contributed by atoms with E-state index in [4.69, 9.17) is 10.5 Å². The van der Waals surface area contributed by atoms with E-state index in [1.807, 2.05) is 0 Å². The van der Waals surface area contributed by atoms with Gasteiger partial charge < -0.3 is 10.5 Å². The quantitative estimate of drug-likeness (QED) is 0.895. The van der Waals surface area contributed by atoms with Gasteiger partial charge in [0, 0.05) is 0 Å². The van der Waals surface area contributed by atoms with E-state index in [9.17, 15) is 9.59 Å². The van der Waals surface area contributed by atoms with Crippen LogP contribution in [0.15, 0.2) is 17.5 Å². The Bertz CT molecular complexity index is 421. The molecule has 0 spiro atoms. The zero-order valence-electron chi connectivity index (χ0n) is 11.0. The highest BCUT2D eigenvalue weighted by atomic mass is 32.1. The minimum absolute atomic E-state index is 0.480. The Hall–Kier alpha value is -1.40. The van der Waals surface area contributed by atoms with Crippen LogP contribution >= 0.6 is 11.3 Å². The zero-order chi connectivity index (χ0) is 13.9. The van der Waals surface area contributed by atoms with Gasteiger partial charge in [-0.3, -0.25) is 4.79 Å². The Balaban J connectivity index is 2.99. The molecule has 18 heavy (non-hydrogen) atoms. The summed E-state index contributed by atoms with van der Waals surface area (Å²) in [6.45, 7) is 6.77. The smallest absolute Gasteiger partial charge is 0.422 e. The lowest BCUT2D eigenvalue weighted by atomic mass is 10.2. The van der Waals surface area contributed by atoms with E-state index in [0.717, 1.165) is 4.90 Å². The molecule has 100 valence electrons. The number of hydrogen-bond acceptors (Lipinski definition) is 5. The monoisotopic (exact) mass is 270 g/mol. The van der Waals surface area contributed by atoms with E-state index in [1.54, 1.807) is 38.3 Å². The third kappa shape index (κ3) is 3.82. The molecule has 2 amide bonds. The van der Waals surface area contributed by atoms with Crippen molar-refractivity contribution < 1.29 is 14.3 Å². The highest BCUT2D eigenvalue weighted by Gasteiger charge is 2.30. The number of anilines is 1. The number of thiophene rings is 1. The summed E-state index contributed by atoms with van der Waals surface area (Å²) in [4.78, 5) is 25.0. The second-order valence-electron chi connectivity index (χ2n) is 4.89. The highest BCUT2D eigenvalue weighted by Crippen LogP contribution is 2.24. The van der Waals surface area contributed by atoms with Crippen LogP contribution in [0, 0.1) is 0 Å². The van der Waals surface area contributed by atoms with Gasteiger partial charge in [0.05, 0.1) is 6.04 Å². The number of nitrogens with two attached hydrogens (primary N) is 1. The molecule has 0 aliphatic rings. The van der Waals surface area contributed by atoms with Crippen molar-refractivity contribution in [2.75, 3.05) is 4.90 Å². The van der Waals surface area contributed by atoms with Crippen LogP contribution in [0.4, 0.5) is 9.80 Å². The maximum Gasteiger partial charge on any atom is 0.422 e. The average molecular weight is 270 g/mol. The van der Waals surface area contributed by atoms with Gasteiger partial charge in [-0.2, -0.15) is 0 Å². The van der Waals surface area contributed by atoms with Gasteiger partial charge in [0.15, 0.2) is 0 Å². The van der Waals surface area contributed by atoms with Crippen molar-refractivity contribution in [2.24, 2.45) is 5.73 Å². The first-order chi connectivity index (χ1) is 8.22. The lowest BCUT2D eigenvalue weighted by Gasteiger charge is -2.26. The van der Waals surface area contributed by atoms with Crippen molar-refractivity contribution >= 4 is 28.3 Å². The number of carbonyl (C=O) groups excluding carboxylic acids is 2. The number of ether oxygens (including phenoxy) is 1. The van der Waals surface area contributed by atoms with Crippen LogP contribution in [-0.4, -0.2) is 23.6 Å². The Kier molecular flexibility index (Phi) is 4.48. The lowest BCUT2D eigenvalue weighted by Crippen LogP contribution is -2.47. The SMILES string of the molecule is C[C@H](N)C(=O)N(C(=O)OC(C)(C)C)c1cccs1. The maximum absolute atomic E-state index is 12.0. The van der Waals surface area contributed by atoms with Crippen molar-refractivity contribution in [3.63, 3.8) is 0 Å². The molecule has 0 unspecified atom stereocenters. The number of amides is 2. The second kappa shape index (κ2) is 5.49. The number of hydrogen-bond donors (Lipinski definition) is 1. The van der Waals surface area contributed by atoms with Crippen LogP contribution in [0.25, 0.3) is 0 Å². The zero-order valence-corrected chi connectivity index (χ0v) is 11.8. The van der Waals surface area contributed by atoms with E-state index >= 15 is 0 Å². The van der Waals surface area contributed by atoms with Crippen molar-refractivity contribution in [1.29, 1.82) is 0 Å². The lowest BCUT2D eigenvalue weighted by molar-refractivity contribution is -0.119. The molecular weight excluding hydrogens is 252 g/mol. The first kappa shape index (κ1) is 14.7. The van der Waals surface area contributed by atoms with Crippen LogP contribution in [-0.2, 0) is 9.53 Å². The normalized spacial score (nSPS) is 12.9. The average Bonchev–Trinajstić information content (AvgIpc) is 2.67. The maximum atomic E-state index is 12.0. The Labute approximate surface area is 111 Å². The van der Waals surface area contributed by atoms with Crippen molar-refractivity contribution in [3.05, 3.63) is 17.5 Å². The van der Waals surface area contributed by atoms with Gasteiger partial charge in [-0.1, -0.05) is 0 Å². The molecule has 0 aromatic carbocycles. The molecule has 6 heteroatoms. The summed E-state index contributed by atoms with van der Waals surface area (Å²) in [5.74, 6) is -0.480. The summed E-state index contributed by atoms with van der Waals surface area (Å²) in [6.07, 6.45) is -0.702. The highest BCUT2D eigenvalue weighted by molar-refractivity contribution is 7.14. The van der Waals surface area contributed by atoms with Gasteiger partial charge in [0.25, 0.3) is 5.91 Å². The minimum Gasteiger partial charge on any atom is -0.443 e. The molecule has 0 aliphatic heterocycles. The largest absolute Gasteiger partial charge is 0.443 e. The van der Waals surface area contributed by atoms with Crippen LogP contribution in [0.3, 0.4) is 0 Å². The number of carbonyl (C=O) groups is 2. The first-order valence-electron chi connectivity index (χ1n) is 5.58.